The first-order chi connectivity index (χ1) is 9.42. The molecule has 0 saturated carbocycles. The van der Waals surface area contributed by atoms with Crippen LogP contribution >= 0.6 is 0 Å². The molecule has 1 aromatic heterocycles. The van der Waals surface area contributed by atoms with Gasteiger partial charge < -0.3 is 15.1 Å². The fourth-order valence-electron chi connectivity index (χ4n) is 2.00. The molecular weight excluding hydrogens is 254 g/mol. The van der Waals surface area contributed by atoms with E-state index in [4.69, 9.17) is 15.6 Å². The maximum Gasteiger partial charge on any atom is 0.148 e. The fraction of sp³-hybridized carbons (Fsp3) is 0.714. The van der Waals surface area contributed by atoms with Crippen LogP contribution in [-0.4, -0.2) is 36.3 Å². The Bertz CT molecular complexity index is 434. The Labute approximate surface area is 121 Å². The van der Waals surface area contributed by atoms with E-state index >= 15 is 0 Å². The zero-order valence-corrected chi connectivity index (χ0v) is 13.4. The van der Waals surface area contributed by atoms with Crippen molar-refractivity contribution in [2.24, 2.45) is 5.84 Å². The van der Waals surface area contributed by atoms with Crippen molar-refractivity contribution in [3.63, 3.8) is 0 Å². The monoisotopic (exact) mass is 281 g/mol. The van der Waals surface area contributed by atoms with Gasteiger partial charge in [-0.3, -0.25) is 0 Å². The molecule has 0 aliphatic heterocycles. The summed E-state index contributed by atoms with van der Waals surface area (Å²) >= 11 is 0. The van der Waals surface area contributed by atoms with Crippen molar-refractivity contribution in [3.8, 4) is 0 Å². The van der Waals surface area contributed by atoms with Crippen molar-refractivity contribution < 1.29 is 4.74 Å². The first kappa shape index (κ1) is 16.7. The molecule has 1 aromatic rings. The minimum atomic E-state index is 0.248. The Kier molecular flexibility index (Phi) is 6.16. The van der Waals surface area contributed by atoms with Gasteiger partial charge in [0.15, 0.2) is 0 Å². The third-order valence-electron chi connectivity index (χ3n) is 3.22. The van der Waals surface area contributed by atoms with Crippen LogP contribution in [0.2, 0.25) is 0 Å². The molecule has 0 unspecified atom stereocenters. The summed E-state index contributed by atoms with van der Waals surface area (Å²) in [6, 6.07) is 0.324. The maximum absolute atomic E-state index is 5.58. The standard InChI is InChI=1S/C14H27N5O/c1-9(2)12-16-13(18-15)11(5)14(17-12)19(10(3)4)7-8-20-6/h9-10H,7-8,15H2,1-6H3,(H,16,17,18). The van der Waals surface area contributed by atoms with E-state index in [-0.39, 0.29) is 5.92 Å². The average Bonchev–Trinajstić information content (AvgIpc) is 2.40. The van der Waals surface area contributed by atoms with Crippen molar-refractivity contribution in [1.29, 1.82) is 0 Å². The number of nitrogens with two attached hydrogens (primary N) is 1. The molecule has 0 fully saturated rings. The normalized spacial score (nSPS) is 11.2. The predicted molar refractivity (Wildman–Crippen MR) is 83.0 cm³/mol. The van der Waals surface area contributed by atoms with Crippen molar-refractivity contribution >= 4 is 11.6 Å². The SMILES string of the molecule is COCCN(c1nc(C(C)C)nc(NN)c1C)C(C)C. The number of hydrazine groups is 1. The van der Waals surface area contributed by atoms with Gasteiger partial charge >= 0.3 is 0 Å². The van der Waals surface area contributed by atoms with Crippen molar-refractivity contribution in [2.45, 2.75) is 46.6 Å². The third-order valence-corrected chi connectivity index (χ3v) is 3.22. The van der Waals surface area contributed by atoms with Crippen molar-refractivity contribution in [1.82, 2.24) is 9.97 Å². The van der Waals surface area contributed by atoms with Crippen LogP contribution in [0.3, 0.4) is 0 Å². The second kappa shape index (κ2) is 7.40. The number of nitrogens with one attached hydrogen (secondary N) is 1. The minimum absolute atomic E-state index is 0.248. The van der Waals surface area contributed by atoms with Crippen LogP contribution in [0.1, 0.15) is 45.0 Å². The number of hydrogen-bond donors (Lipinski definition) is 2. The first-order valence-electron chi connectivity index (χ1n) is 7.03. The van der Waals surface area contributed by atoms with Crippen molar-refractivity contribution in [3.05, 3.63) is 11.4 Å². The van der Waals surface area contributed by atoms with E-state index in [1.54, 1.807) is 7.11 Å². The molecule has 0 saturated heterocycles. The highest BCUT2D eigenvalue weighted by atomic mass is 16.5. The summed E-state index contributed by atoms with van der Waals surface area (Å²) in [6.45, 7) is 11.9. The molecule has 0 aliphatic carbocycles. The lowest BCUT2D eigenvalue weighted by molar-refractivity contribution is 0.203. The molecule has 0 radical (unpaired) electrons. The van der Waals surface area contributed by atoms with E-state index in [0.717, 1.165) is 23.8 Å². The molecule has 1 heterocycles. The summed E-state index contributed by atoms with van der Waals surface area (Å²) in [5.74, 6) is 8.22. The van der Waals surface area contributed by atoms with Gasteiger partial charge in [-0.2, -0.15) is 0 Å². The molecule has 6 nitrogen and oxygen atoms in total. The Balaban J connectivity index is 3.27. The third kappa shape index (κ3) is 3.80. The summed E-state index contributed by atoms with van der Waals surface area (Å²) in [6.07, 6.45) is 0. The average molecular weight is 281 g/mol. The molecule has 114 valence electrons. The zero-order valence-electron chi connectivity index (χ0n) is 13.4. The van der Waals surface area contributed by atoms with E-state index in [1.165, 1.54) is 0 Å². The van der Waals surface area contributed by atoms with Gasteiger partial charge in [0.2, 0.25) is 0 Å². The Morgan fingerprint density at radius 3 is 2.35 bits per heavy atom. The number of nitrogens with zero attached hydrogens (tertiary/aromatic N) is 3. The van der Waals surface area contributed by atoms with Gasteiger partial charge in [0.25, 0.3) is 0 Å². The highest BCUT2D eigenvalue weighted by Crippen LogP contribution is 2.26. The molecule has 6 heteroatoms. The smallest absolute Gasteiger partial charge is 0.148 e. The maximum atomic E-state index is 5.58. The molecule has 0 aromatic carbocycles. The molecule has 20 heavy (non-hydrogen) atoms. The van der Waals surface area contributed by atoms with Crippen LogP contribution in [0.4, 0.5) is 11.6 Å². The van der Waals surface area contributed by atoms with E-state index < -0.39 is 0 Å². The van der Waals surface area contributed by atoms with Gasteiger partial charge in [-0.25, -0.2) is 15.8 Å². The first-order valence-corrected chi connectivity index (χ1v) is 7.03. The summed E-state index contributed by atoms with van der Waals surface area (Å²) < 4.78 is 5.19. The molecule has 0 amide bonds. The predicted octanol–water partition coefficient (Wildman–Crippen LogP) is 2.06. The Hall–Kier alpha value is -1.40. The lowest BCUT2D eigenvalue weighted by Crippen LogP contribution is -2.35. The molecule has 0 spiro atoms. The molecule has 0 aliphatic rings. The topological polar surface area (TPSA) is 76.3 Å². The Morgan fingerprint density at radius 1 is 1.25 bits per heavy atom. The van der Waals surface area contributed by atoms with Gasteiger partial charge in [0.05, 0.1) is 6.61 Å². The Morgan fingerprint density at radius 2 is 1.90 bits per heavy atom. The molecule has 3 N–H and O–H groups in total. The van der Waals surface area contributed by atoms with Gasteiger partial charge in [-0.1, -0.05) is 13.8 Å². The molecule has 0 bridgehead atoms. The van der Waals surface area contributed by atoms with E-state index in [2.05, 4.69) is 43.0 Å². The van der Waals surface area contributed by atoms with Crippen LogP contribution < -0.4 is 16.2 Å². The van der Waals surface area contributed by atoms with E-state index in [9.17, 15) is 0 Å². The number of rotatable bonds is 7. The number of nitrogen functional groups attached to an aromatic ring is 1. The van der Waals surface area contributed by atoms with Crippen LogP contribution in [0.15, 0.2) is 0 Å². The van der Waals surface area contributed by atoms with Crippen molar-refractivity contribution in [2.75, 3.05) is 30.6 Å². The summed E-state index contributed by atoms with van der Waals surface area (Å²) in [7, 11) is 1.71. The number of methoxy groups -OCH3 is 1. The van der Waals surface area contributed by atoms with Gasteiger partial charge in [0.1, 0.15) is 17.5 Å². The van der Waals surface area contributed by atoms with Crippen LogP contribution in [-0.2, 0) is 4.74 Å². The van der Waals surface area contributed by atoms with Crippen LogP contribution in [0.5, 0.6) is 0 Å². The molecular formula is C14H27N5O. The lowest BCUT2D eigenvalue weighted by Gasteiger charge is -2.30. The summed E-state index contributed by atoms with van der Waals surface area (Å²) in [4.78, 5) is 11.4. The number of anilines is 2. The fourth-order valence-corrected chi connectivity index (χ4v) is 2.00. The van der Waals surface area contributed by atoms with Crippen LogP contribution in [0, 0.1) is 6.92 Å². The summed E-state index contributed by atoms with van der Waals surface area (Å²) in [5, 5.41) is 0. The minimum Gasteiger partial charge on any atom is -0.383 e. The number of hydrogen-bond acceptors (Lipinski definition) is 6. The zero-order chi connectivity index (χ0) is 15.3. The van der Waals surface area contributed by atoms with E-state index in [1.807, 2.05) is 6.92 Å². The second-order valence-corrected chi connectivity index (χ2v) is 5.46. The number of ether oxygens (including phenoxy) is 1. The number of aromatic nitrogens is 2. The molecule has 0 atom stereocenters. The summed E-state index contributed by atoms with van der Waals surface area (Å²) in [5.41, 5.74) is 3.63. The van der Waals surface area contributed by atoms with Crippen LogP contribution in [0.25, 0.3) is 0 Å². The highest BCUT2D eigenvalue weighted by Gasteiger charge is 2.19. The second-order valence-electron chi connectivity index (χ2n) is 5.46. The van der Waals surface area contributed by atoms with Gasteiger partial charge in [-0.05, 0) is 20.8 Å². The van der Waals surface area contributed by atoms with E-state index in [0.29, 0.717) is 18.5 Å². The quantitative estimate of drug-likeness (QED) is 0.588. The van der Waals surface area contributed by atoms with Gasteiger partial charge in [-0.15, -0.1) is 0 Å². The molecule has 1 rings (SSSR count). The largest absolute Gasteiger partial charge is 0.383 e. The van der Waals surface area contributed by atoms with Gasteiger partial charge in [0, 0.05) is 31.2 Å². The highest BCUT2D eigenvalue weighted by molar-refractivity contribution is 5.58. The lowest BCUT2D eigenvalue weighted by atomic mass is 10.2.